The van der Waals surface area contributed by atoms with Crippen LogP contribution in [0, 0.1) is 5.92 Å². The Morgan fingerprint density at radius 2 is 2.35 bits per heavy atom. The molecule has 0 radical (unpaired) electrons. The number of amides is 1. The van der Waals surface area contributed by atoms with Crippen molar-refractivity contribution in [2.75, 3.05) is 24.5 Å². The summed E-state index contributed by atoms with van der Waals surface area (Å²) in [6.45, 7) is 0.492. The van der Waals surface area contributed by atoms with Gasteiger partial charge in [-0.05, 0) is 31.0 Å². The van der Waals surface area contributed by atoms with Gasteiger partial charge in [0.15, 0.2) is 5.58 Å². The first-order valence-corrected chi connectivity index (χ1v) is 7.77. The van der Waals surface area contributed by atoms with Gasteiger partial charge >= 0.3 is 0 Å². The Balaban J connectivity index is 1.70. The number of nitrogens with zero attached hydrogens (tertiary/aromatic N) is 2. The summed E-state index contributed by atoms with van der Waals surface area (Å²) in [6, 6.07) is 5.59. The maximum absolute atomic E-state index is 12.2. The van der Waals surface area contributed by atoms with Gasteiger partial charge in [0.05, 0.1) is 12.5 Å². The molecule has 0 aliphatic carbocycles. The zero-order valence-corrected chi connectivity index (χ0v) is 13.0. The fourth-order valence-corrected chi connectivity index (χ4v) is 2.88. The summed E-state index contributed by atoms with van der Waals surface area (Å²) < 4.78 is 30.1. The third-order valence-corrected chi connectivity index (χ3v) is 4.07. The molecule has 0 saturated carbocycles. The number of hydrogen-bond donors (Lipinski definition) is 1. The van der Waals surface area contributed by atoms with E-state index < -0.39 is 13.0 Å². The van der Waals surface area contributed by atoms with Crippen LogP contribution in [0.2, 0.25) is 5.02 Å². The van der Waals surface area contributed by atoms with Gasteiger partial charge in [-0.1, -0.05) is 11.6 Å². The first kappa shape index (κ1) is 16.0. The smallest absolute Gasteiger partial charge is 0.298 e. The average Bonchev–Trinajstić information content (AvgIpc) is 2.95. The minimum Gasteiger partial charge on any atom is -0.423 e. The quantitative estimate of drug-likeness (QED) is 0.927. The van der Waals surface area contributed by atoms with Crippen molar-refractivity contribution in [2.24, 2.45) is 5.92 Å². The van der Waals surface area contributed by atoms with Gasteiger partial charge in [-0.25, -0.2) is 8.78 Å². The van der Waals surface area contributed by atoms with E-state index in [9.17, 15) is 13.6 Å². The predicted molar refractivity (Wildman–Crippen MR) is 83.0 cm³/mol. The molecule has 2 heterocycles. The van der Waals surface area contributed by atoms with Crippen LogP contribution in [0.4, 0.5) is 14.8 Å². The molecular formula is C15H16ClF2N3O2. The molecule has 0 spiro atoms. The first-order chi connectivity index (χ1) is 11.0. The third-order valence-electron chi connectivity index (χ3n) is 3.83. The molecular weight excluding hydrogens is 328 g/mol. The number of hydrogen-bond acceptors (Lipinski definition) is 4. The fourth-order valence-electron chi connectivity index (χ4n) is 2.71. The van der Waals surface area contributed by atoms with Gasteiger partial charge in [0.25, 0.3) is 12.4 Å². The van der Waals surface area contributed by atoms with Crippen molar-refractivity contribution < 1.29 is 18.0 Å². The van der Waals surface area contributed by atoms with Crippen LogP contribution in [0.3, 0.4) is 0 Å². The molecule has 5 nitrogen and oxygen atoms in total. The Morgan fingerprint density at radius 1 is 1.52 bits per heavy atom. The number of nitrogens with one attached hydrogen (secondary N) is 1. The number of carbonyl (C=O) groups is 1. The molecule has 1 aromatic carbocycles. The van der Waals surface area contributed by atoms with Gasteiger partial charge in [-0.15, -0.1) is 0 Å². The van der Waals surface area contributed by atoms with E-state index in [2.05, 4.69) is 10.3 Å². The van der Waals surface area contributed by atoms with E-state index >= 15 is 0 Å². The maximum Gasteiger partial charge on any atom is 0.298 e. The molecule has 124 valence electrons. The van der Waals surface area contributed by atoms with E-state index in [0.29, 0.717) is 41.6 Å². The summed E-state index contributed by atoms with van der Waals surface area (Å²) in [5.41, 5.74) is 1.27. The highest BCUT2D eigenvalue weighted by molar-refractivity contribution is 6.31. The van der Waals surface area contributed by atoms with Gasteiger partial charge in [-0.2, -0.15) is 4.98 Å². The lowest BCUT2D eigenvalue weighted by Gasteiger charge is -2.30. The molecule has 0 bridgehead atoms. The molecule has 8 heteroatoms. The summed E-state index contributed by atoms with van der Waals surface area (Å²) in [7, 11) is 0. The zero-order valence-electron chi connectivity index (χ0n) is 12.3. The van der Waals surface area contributed by atoms with E-state index in [1.165, 1.54) is 0 Å². The van der Waals surface area contributed by atoms with Crippen molar-refractivity contribution in [3.63, 3.8) is 0 Å². The molecule has 3 rings (SSSR count). The fraction of sp³-hybridized carbons (Fsp3) is 0.467. The highest BCUT2D eigenvalue weighted by Crippen LogP contribution is 2.27. The first-order valence-electron chi connectivity index (χ1n) is 7.40. The predicted octanol–water partition coefficient (Wildman–Crippen LogP) is 3.08. The van der Waals surface area contributed by atoms with Crippen LogP contribution in [0.5, 0.6) is 0 Å². The van der Waals surface area contributed by atoms with Gasteiger partial charge in [0.1, 0.15) is 5.52 Å². The Labute approximate surface area is 136 Å². The van der Waals surface area contributed by atoms with Crippen LogP contribution in [-0.4, -0.2) is 37.0 Å². The minimum absolute atomic E-state index is 0.346. The Morgan fingerprint density at radius 3 is 3.13 bits per heavy atom. The number of fused-ring (bicyclic) bond motifs is 1. The van der Waals surface area contributed by atoms with Crippen molar-refractivity contribution in [2.45, 2.75) is 19.3 Å². The summed E-state index contributed by atoms with van der Waals surface area (Å²) in [6.07, 6.45) is -1.11. The lowest BCUT2D eigenvalue weighted by Crippen LogP contribution is -2.44. The highest BCUT2D eigenvalue weighted by atomic mass is 35.5. The van der Waals surface area contributed by atoms with Crippen molar-refractivity contribution >= 4 is 34.6 Å². The number of alkyl halides is 2. The van der Waals surface area contributed by atoms with Crippen LogP contribution < -0.4 is 10.2 Å². The van der Waals surface area contributed by atoms with Crippen molar-refractivity contribution in [3.8, 4) is 0 Å². The van der Waals surface area contributed by atoms with Crippen molar-refractivity contribution in [3.05, 3.63) is 23.2 Å². The number of anilines is 1. The van der Waals surface area contributed by atoms with Gasteiger partial charge in [0.2, 0.25) is 5.91 Å². The molecule has 1 fully saturated rings. The molecule has 1 aliphatic rings. The van der Waals surface area contributed by atoms with Crippen LogP contribution in [0.25, 0.3) is 11.1 Å². The summed E-state index contributed by atoms with van der Waals surface area (Å²) in [5.74, 6) is -0.699. The largest absolute Gasteiger partial charge is 0.423 e. The zero-order chi connectivity index (χ0) is 16.4. The van der Waals surface area contributed by atoms with E-state index in [1.807, 2.05) is 4.90 Å². The van der Waals surface area contributed by atoms with Crippen LogP contribution in [0.1, 0.15) is 12.8 Å². The minimum atomic E-state index is -2.54. The van der Waals surface area contributed by atoms with E-state index in [0.717, 1.165) is 6.42 Å². The molecule has 23 heavy (non-hydrogen) atoms. The molecule has 1 amide bonds. The molecule has 1 N–H and O–H groups in total. The number of aromatic nitrogens is 1. The van der Waals surface area contributed by atoms with E-state index in [-0.39, 0.29) is 11.8 Å². The highest BCUT2D eigenvalue weighted by Gasteiger charge is 2.28. The van der Waals surface area contributed by atoms with Crippen LogP contribution in [-0.2, 0) is 4.79 Å². The maximum atomic E-state index is 12.2. The molecule has 1 aliphatic heterocycles. The topological polar surface area (TPSA) is 58.4 Å². The number of oxazole rings is 1. The Hall–Kier alpha value is -1.89. The van der Waals surface area contributed by atoms with Crippen LogP contribution in [0.15, 0.2) is 22.6 Å². The van der Waals surface area contributed by atoms with Crippen molar-refractivity contribution in [1.29, 1.82) is 0 Å². The monoisotopic (exact) mass is 343 g/mol. The summed E-state index contributed by atoms with van der Waals surface area (Å²) >= 11 is 5.93. The Bertz CT molecular complexity index is 707. The number of carbonyl (C=O) groups excluding carboxylic acids is 1. The number of benzene rings is 1. The molecule has 1 atom stereocenters. The second kappa shape index (κ2) is 6.70. The lowest BCUT2D eigenvalue weighted by molar-refractivity contribution is -0.125. The van der Waals surface area contributed by atoms with E-state index in [4.69, 9.17) is 16.0 Å². The molecule has 1 saturated heterocycles. The van der Waals surface area contributed by atoms with Gasteiger partial charge in [0, 0.05) is 18.1 Å². The number of piperidine rings is 1. The molecule has 2 aromatic rings. The summed E-state index contributed by atoms with van der Waals surface area (Å²) in [4.78, 5) is 18.2. The number of rotatable bonds is 4. The lowest BCUT2D eigenvalue weighted by atomic mass is 9.97. The van der Waals surface area contributed by atoms with Gasteiger partial charge < -0.3 is 14.6 Å². The SMILES string of the molecule is O=C(NCC(F)F)C1CCCN(c2nc3cc(Cl)ccc3o2)C1. The molecule has 1 unspecified atom stereocenters. The van der Waals surface area contributed by atoms with Gasteiger partial charge in [-0.3, -0.25) is 4.79 Å². The second-order valence-electron chi connectivity index (χ2n) is 5.53. The Kier molecular flexibility index (Phi) is 4.66. The van der Waals surface area contributed by atoms with Crippen molar-refractivity contribution in [1.82, 2.24) is 10.3 Å². The second-order valence-corrected chi connectivity index (χ2v) is 5.97. The third kappa shape index (κ3) is 3.72. The average molecular weight is 344 g/mol. The normalized spacial score (nSPS) is 18.6. The summed E-state index contributed by atoms with van der Waals surface area (Å²) in [5, 5.41) is 2.84. The number of halogens is 3. The molecule has 1 aromatic heterocycles. The van der Waals surface area contributed by atoms with E-state index in [1.54, 1.807) is 18.2 Å². The van der Waals surface area contributed by atoms with Crippen LogP contribution >= 0.6 is 11.6 Å². The standard InChI is InChI=1S/C15H16ClF2N3O2/c16-10-3-4-12-11(6-10)20-15(23-12)21-5-1-2-9(8-21)14(22)19-7-13(17)18/h3-4,6,9,13H,1-2,5,7-8H2,(H,19,22).